The number of halogens is 3. The molecule has 0 amide bonds. The van der Waals surface area contributed by atoms with Crippen molar-refractivity contribution in [2.75, 3.05) is 26.3 Å². The van der Waals surface area contributed by atoms with Gasteiger partial charge >= 0.3 is 6.18 Å². The van der Waals surface area contributed by atoms with Crippen molar-refractivity contribution >= 4 is 16.9 Å². The van der Waals surface area contributed by atoms with Gasteiger partial charge in [-0.25, -0.2) is 0 Å². The molecule has 17 heavy (non-hydrogen) atoms. The van der Waals surface area contributed by atoms with E-state index in [0.29, 0.717) is 17.7 Å². The summed E-state index contributed by atoms with van der Waals surface area (Å²) in [5.74, 6) is 0.546. The van der Waals surface area contributed by atoms with Crippen LogP contribution in [0, 0.1) is 5.92 Å². The van der Waals surface area contributed by atoms with Crippen LogP contribution in [-0.2, 0) is 4.74 Å². The molecule has 7 heteroatoms. The molecule has 0 saturated carbocycles. The Hall–Kier alpha value is -0.430. The van der Waals surface area contributed by atoms with E-state index < -0.39 is 12.8 Å². The Labute approximate surface area is 103 Å². The van der Waals surface area contributed by atoms with Crippen LogP contribution in [0.5, 0.6) is 0 Å². The Kier molecular flexibility index (Phi) is 5.58. The average Bonchev–Trinajstić information content (AvgIpc) is 2.64. The molecule has 3 nitrogen and oxygen atoms in total. The Morgan fingerprint density at radius 2 is 2.24 bits per heavy atom. The van der Waals surface area contributed by atoms with Gasteiger partial charge in [0.2, 0.25) is 0 Å². The van der Waals surface area contributed by atoms with E-state index in [-0.39, 0.29) is 6.61 Å². The number of amidine groups is 1. The summed E-state index contributed by atoms with van der Waals surface area (Å²) in [6, 6.07) is 0. The fourth-order valence-electron chi connectivity index (χ4n) is 1.25. The fourth-order valence-corrected chi connectivity index (χ4v) is 2.30. The second-order valence-corrected chi connectivity index (χ2v) is 5.37. The third kappa shape index (κ3) is 6.16. The average molecular weight is 270 g/mol. The molecule has 0 aliphatic carbocycles. The van der Waals surface area contributed by atoms with Gasteiger partial charge in [0.15, 0.2) is 5.17 Å². The lowest BCUT2D eigenvalue weighted by Gasteiger charge is -2.12. The summed E-state index contributed by atoms with van der Waals surface area (Å²) < 4.78 is 39.7. The highest BCUT2D eigenvalue weighted by Crippen LogP contribution is 2.25. The molecule has 1 rings (SSSR count). The van der Waals surface area contributed by atoms with Crippen LogP contribution >= 0.6 is 11.8 Å². The number of ether oxygens (including phenoxy) is 1. The predicted molar refractivity (Wildman–Crippen MR) is 63.4 cm³/mol. The molecule has 0 saturated heterocycles. The maximum Gasteiger partial charge on any atom is 0.411 e. The van der Waals surface area contributed by atoms with Crippen molar-refractivity contribution in [3.05, 3.63) is 0 Å². The van der Waals surface area contributed by atoms with Crippen molar-refractivity contribution in [3.8, 4) is 0 Å². The molecule has 0 aromatic rings. The zero-order chi connectivity index (χ0) is 12.9. The molecular formula is C10H17F3N2OS. The van der Waals surface area contributed by atoms with E-state index in [1.165, 1.54) is 0 Å². The van der Waals surface area contributed by atoms with Gasteiger partial charge in [-0.2, -0.15) is 13.2 Å². The maximum atomic E-state index is 11.8. The summed E-state index contributed by atoms with van der Waals surface area (Å²) >= 11 is 1.64. The van der Waals surface area contributed by atoms with E-state index in [1.807, 2.05) is 0 Å². The molecule has 100 valence electrons. The fraction of sp³-hybridized carbons (Fsp3) is 0.900. The van der Waals surface area contributed by atoms with Crippen LogP contribution in [0.1, 0.15) is 13.8 Å². The molecule has 1 heterocycles. The zero-order valence-corrected chi connectivity index (χ0v) is 10.7. The number of hydrogen-bond donors (Lipinski definition) is 1. The van der Waals surface area contributed by atoms with Crippen LogP contribution in [0.2, 0.25) is 0 Å². The smallest absolute Gasteiger partial charge is 0.370 e. The standard InChI is InChI=1S/C10H17F3N2OS/c1-7(2)8-5-15-9(17-8)14-3-4-16-6-10(11,12)13/h7-8H,3-6H2,1-2H3,(H,14,15). The minimum absolute atomic E-state index is 0.0332. The molecular weight excluding hydrogens is 253 g/mol. The molecule has 1 aliphatic heterocycles. The monoisotopic (exact) mass is 270 g/mol. The van der Waals surface area contributed by atoms with Crippen LogP contribution in [0.25, 0.3) is 0 Å². The van der Waals surface area contributed by atoms with E-state index in [2.05, 4.69) is 28.9 Å². The van der Waals surface area contributed by atoms with Gasteiger partial charge in [0.05, 0.1) is 13.2 Å². The minimum atomic E-state index is -4.25. The van der Waals surface area contributed by atoms with E-state index in [1.54, 1.807) is 11.8 Å². The van der Waals surface area contributed by atoms with Gasteiger partial charge in [-0.15, -0.1) is 0 Å². The van der Waals surface area contributed by atoms with Crippen molar-refractivity contribution < 1.29 is 17.9 Å². The van der Waals surface area contributed by atoms with Gasteiger partial charge < -0.3 is 10.1 Å². The first-order valence-electron chi connectivity index (χ1n) is 5.48. The second kappa shape index (κ2) is 6.49. The van der Waals surface area contributed by atoms with Gasteiger partial charge in [0, 0.05) is 11.8 Å². The topological polar surface area (TPSA) is 33.6 Å². The number of hydrogen-bond acceptors (Lipinski definition) is 4. The molecule has 0 radical (unpaired) electrons. The summed E-state index contributed by atoms with van der Waals surface area (Å²) in [6.07, 6.45) is -4.25. The number of aliphatic imine (C=N–C) groups is 1. The van der Waals surface area contributed by atoms with Crippen LogP contribution in [0.4, 0.5) is 13.2 Å². The van der Waals surface area contributed by atoms with Gasteiger partial charge in [-0.05, 0) is 5.92 Å². The Morgan fingerprint density at radius 3 is 2.76 bits per heavy atom. The maximum absolute atomic E-state index is 11.8. The minimum Gasteiger partial charge on any atom is -0.370 e. The largest absolute Gasteiger partial charge is 0.411 e. The zero-order valence-electron chi connectivity index (χ0n) is 9.88. The second-order valence-electron chi connectivity index (χ2n) is 4.14. The molecule has 0 aromatic carbocycles. The van der Waals surface area contributed by atoms with Crippen LogP contribution < -0.4 is 5.32 Å². The molecule has 1 aliphatic rings. The van der Waals surface area contributed by atoms with E-state index in [4.69, 9.17) is 0 Å². The molecule has 1 atom stereocenters. The summed E-state index contributed by atoms with van der Waals surface area (Å²) in [4.78, 5) is 4.28. The molecule has 1 unspecified atom stereocenters. The third-order valence-electron chi connectivity index (χ3n) is 2.21. The highest BCUT2D eigenvalue weighted by atomic mass is 32.2. The van der Waals surface area contributed by atoms with Crippen LogP contribution in [0.3, 0.4) is 0 Å². The molecule has 0 aromatic heterocycles. The first-order chi connectivity index (χ1) is 7.88. The molecule has 0 bridgehead atoms. The number of nitrogens with one attached hydrogen (secondary N) is 1. The summed E-state index contributed by atoms with van der Waals surface area (Å²) in [5.41, 5.74) is 0. The Bertz CT molecular complexity index is 269. The summed E-state index contributed by atoms with van der Waals surface area (Å²) in [5, 5.41) is 4.24. The lowest BCUT2D eigenvalue weighted by molar-refractivity contribution is -0.173. The summed E-state index contributed by atoms with van der Waals surface area (Å²) in [6.45, 7) is 4.22. The number of rotatable bonds is 5. The van der Waals surface area contributed by atoms with E-state index in [9.17, 15) is 13.2 Å². The Balaban J connectivity index is 2.05. The SMILES string of the molecule is CC(C)C1CN=C(NCCOCC(F)(F)F)S1. The predicted octanol–water partition coefficient (Wildman–Crippen LogP) is 2.28. The van der Waals surface area contributed by atoms with Crippen LogP contribution in [-0.4, -0.2) is 42.9 Å². The van der Waals surface area contributed by atoms with Crippen LogP contribution in [0.15, 0.2) is 4.99 Å². The quantitative estimate of drug-likeness (QED) is 0.778. The van der Waals surface area contributed by atoms with Crippen molar-refractivity contribution in [2.45, 2.75) is 25.3 Å². The Morgan fingerprint density at radius 1 is 1.53 bits per heavy atom. The van der Waals surface area contributed by atoms with Crippen molar-refractivity contribution in [2.24, 2.45) is 10.9 Å². The first kappa shape index (κ1) is 14.6. The third-order valence-corrected chi connectivity index (χ3v) is 3.70. The van der Waals surface area contributed by atoms with Gasteiger partial charge in [0.1, 0.15) is 6.61 Å². The normalized spacial score (nSPS) is 20.8. The lowest BCUT2D eigenvalue weighted by atomic mass is 10.1. The van der Waals surface area contributed by atoms with Crippen molar-refractivity contribution in [1.29, 1.82) is 0 Å². The summed E-state index contributed by atoms with van der Waals surface area (Å²) in [7, 11) is 0. The van der Waals surface area contributed by atoms with Gasteiger partial charge in [-0.1, -0.05) is 25.6 Å². The molecule has 0 spiro atoms. The highest BCUT2D eigenvalue weighted by Gasteiger charge is 2.27. The number of thioether (sulfide) groups is 1. The van der Waals surface area contributed by atoms with Crippen molar-refractivity contribution in [1.82, 2.24) is 5.32 Å². The number of nitrogens with zero attached hydrogens (tertiary/aromatic N) is 1. The number of alkyl halides is 3. The molecule has 0 fully saturated rings. The molecule has 1 N–H and O–H groups in total. The van der Waals surface area contributed by atoms with E-state index in [0.717, 1.165) is 11.7 Å². The van der Waals surface area contributed by atoms with Gasteiger partial charge in [-0.3, -0.25) is 4.99 Å². The first-order valence-corrected chi connectivity index (χ1v) is 6.36. The van der Waals surface area contributed by atoms with E-state index >= 15 is 0 Å². The highest BCUT2D eigenvalue weighted by molar-refractivity contribution is 8.14. The lowest BCUT2D eigenvalue weighted by Crippen LogP contribution is -2.27. The van der Waals surface area contributed by atoms with Crippen molar-refractivity contribution in [3.63, 3.8) is 0 Å². The van der Waals surface area contributed by atoms with Gasteiger partial charge in [0.25, 0.3) is 0 Å².